The van der Waals surface area contributed by atoms with Gasteiger partial charge in [0, 0.05) is 25.0 Å². The van der Waals surface area contributed by atoms with Gasteiger partial charge >= 0.3 is 8.80 Å². The zero-order valence-corrected chi connectivity index (χ0v) is 15.3. The van der Waals surface area contributed by atoms with Crippen LogP contribution in [0.4, 0.5) is 0 Å². The van der Waals surface area contributed by atoms with Gasteiger partial charge in [-0.15, -0.1) is 6.58 Å². The molecule has 0 spiro atoms. The van der Waals surface area contributed by atoms with Gasteiger partial charge in [0.15, 0.2) is 0 Å². The minimum atomic E-state index is -2.81. The summed E-state index contributed by atoms with van der Waals surface area (Å²) >= 11 is 0. The van der Waals surface area contributed by atoms with Crippen molar-refractivity contribution in [2.45, 2.75) is 46.5 Å². The van der Waals surface area contributed by atoms with Gasteiger partial charge in [-0.3, -0.25) is 0 Å². The van der Waals surface area contributed by atoms with Crippen molar-refractivity contribution in [3.63, 3.8) is 0 Å². The fraction of sp³-hybridized carbons (Fsp3) is 0.556. The summed E-state index contributed by atoms with van der Waals surface area (Å²) in [6.45, 7) is 12.1. The SMILES string of the molecule is C=CCc1ccc([Si](OCCC)(OCCC)OCCC)cc1. The molecule has 0 aromatic heterocycles. The van der Waals surface area contributed by atoms with E-state index in [1.807, 2.05) is 6.08 Å². The van der Waals surface area contributed by atoms with E-state index in [1.54, 1.807) is 0 Å². The molecule has 0 amide bonds. The summed E-state index contributed by atoms with van der Waals surface area (Å²) in [7, 11) is -2.81. The summed E-state index contributed by atoms with van der Waals surface area (Å²) in [4.78, 5) is 0. The Kier molecular flexibility index (Phi) is 9.32. The fourth-order valence-corrected chi connectivity index (χ4v) is 4.84. The van der Waals surface area contributed by atoms with E-state index >= 15 is 0 Å². The molecule has 0 saturated carbocycles. The van der Waals surface area contributed by atoms with Crippen LogP contribution in [0.15, 0.2) is 36.9 Å². The van der Waals surface area contributed by atoms with Gasteiger partial charge in [-0.25, -0.2) is 0 Å². The first kappa shape index (κ1) is 19.1. The average molecular weight is 323 g/mol. The first-order valence-corrected chi connectivity index (χ1v) is 10.1. The lowest BCUT2D eigenvalue weighted by atomic mass is 10.2. The standard InChI is InChI=1S/C18H30O3Si/c1-5-9-17-10-12-18(13-11-17)22(19-14-6-2,20-15-7-3)21-16-8-4/h5,10-13H,1,6-9,14-16H2,2-4H3. The molecule has 1 aromatic rings. The topological polar surface area (TPSA) is 27.7 Å². The van der Waals surface area contributed by atoms with Gasteiger partial charge in [-0.2, -0.15) is 0 Å². The first-order chi connectivity index (χ1) is 10.7. The van der Waals surface area contributed by atoms with Gasteiger partial charge < -0.3 is 13.3 Å². The van der Waals surface area contributed by atoms with Gasteiger partial charge in [0.05, 0.1) is 0 Å². The van der Waals surface area contributed by atoms with Crippen LogP contribution < -0.4 is 5.19 Å². The van der Waals surface area contributed by atoms with Crippen molar-refractivity contribution in [1.82, 2.24) is 0 Å². The predicted molar refractivity (Wildman–Crippen MR) is 94.5 cm³/mol. The maximum absolute atomic E-state index is 6.14. The lowest BCUT2D eigenvalue weighted by Crippen LogP contribution is -2.57. The highest BCUT2D eigenvalue weighted by molar-refractivity contribution is 6.75. The maximum Gasteiger partial charge on any atom is 0.537 e. The Morgan fingerprint density at radius 2 is 1.32 bits per heavy atom. The third-order valence-corrected chi connectivity index (χ3v) is 5.97. The Bertz CT molecular complexity index is 395. The molecular weight excluding hydrogens is 292 g/mol. The minimum Gasteiger partial charge on any atom is -0.370 e. The van der Waals surface area contributed by atoms with Crippen LogP contribution in [0.3, 0.4) is 0 Å². The van der Waals surface area contributed by atoms with Gasteiger partial charge in [-0.05, 0) is 31.2 Å². The summed E-state index contributed by atoms with van der Waals surface area (Å²) in [5, 5.41) is 1.05. The summed E-state index contributed by atoms with van der Waals surface area (Å²) in [6.07, 6.45) is 5.64. The second-order valence-electron chi connectivity index (χ2n) is 5.29. The fourth-order valence-electron chi connectivity index (χ4n) is 2.10. The third-order valence-electron chi connectivity index (χ3n) is 3.18. The van der Waals surface area contributed by atoms with E-state index in [9.17, 15) is 0 Å². The molecule has 0 unspecified atom stereocenters. The number of hydrogen-bond donors (Lipinski definition) is 0. The summed E-state index contributed by atoms with van der Waals surface area (Å²) in [5.74, 6) is 0. The second kappa shape index (κ2) is 10.7. The molecule has 124 valence electrons. The zero-order chi connectivity index (χ0) is 16.3. The van der Waals surface area contributed by atoms with Crippen molar-refractivity contribution in [3.05, 3.63) is 42.5 Å². The smallest absolute Gasteiger partial charge is 0.370 e. The normalized spacial score (nSPS) is 11.6. The van der Waals surface area contributed by atoms with Crippen molar-refractivity contribution in [1.29, 1.82) is 0 Å². The highest BCUT2D eigenvalue weighted by atomic mass is 28.4. The molecular formula is C18H30O3Si. The molecule has 22 heavy (non-hydrogen) atoms. The molecule has 0 radical (unpaired) electrons. The monoisotopic (exact) mass is 322 g/mol. The van der Waals surface area contributed by atoms with Crippen molar-refractivity contribution < 1.29 is 13.3 Å². The van der Waals surface area contributed by atoms with Gasteiger partial charge in [0.1, 0.15) is 0 Å². The Hall–Kier alpha value is -0.943. The highest BCUT2D eigenvalue weighted by Crippen LogP contribution is 2.14. The Balaban J connectivity index is 3.03. The van der Waals surface area contributed by atoms with Crippen molar-refractivity contribution in [2.24, 2.45) is 0 Å². The number of rotatable bonds is 12. The number of hydrogen-bond acceptors (Lipinski definition) is 3. The average Bonchev–Trinajstić information content (AvgIpc) is 2.56. The van der Waals surface area contributed by atoms with E-state index in [2.05, 4.69) is 51.6 Å². The molecule has 0 N–H and O–H groups in total. The van der Waals surface area contributed by atoms with Crippen LogP contribution in [-0.2, 0) is 19.7 Å². The first-order valence-electron chi connectivity index (χ1n) is 8.34. The van der Waals surface area contributed by atoms with E-state index in [0.717, 1.165) is 30.9 Å². The van der Waals surface area contributed by atoms with E-state index in [0.29, 0.717) is 19.8 Å². The predicted octanol–water partition coefficient (Wildman–Crippen LogP) is 3.84. The van der Waals surface area contributed by atoms with Gasteiger partial charge in [-0.1, -0.05) is 51.1 Å². The second-order valence-corrected chi connectivity index (χ2v) is 7.85. The summed E-state index contributed by atoms with van der Waals surface area (Å²) < 4.78 is 18.4. The van der Waals surface area contributed by atoms with Crippen LogP contribution in [0.25, 0.3) is 0 Å². The molecule has 1 aromatic carbocycles. The number of benzene rings is 1. The molecule has 0 aliphatic carbocycles. The molecule has 3 nitrogen and oxygen atoms in total. The van der Waals surface area contributed by atoms with Crippen LogP contribution in [0.5, 0.6) is 0 Å². The lowest BCUT2D eigenvalue weighted by Gasteiger charge is -2.30. The van der Waals surface area contributed by atoms with Crippen LogP contribution in [0.2, 0.25) is 0 Å². The molecule has 0 saturated heterocycles. The van der Waals surface area contributed by atoms with Gasteiger partial charge in [0.2, 0.25) is 0 Å². The van der Waals surface area contributed by atoms with Crippen LogP contribution in [0.1, 0.15) is 45.6 Å². The lowest BCUT2D eigenvalue weighted by molar-refractivity contribution is 0.0732. The van der Waals surface area contributed by atoms with Crippen LogP contribution in [-0.4, -0.2) is 28.6 Å². The zero-order valence-electron chi connectivity index (χ0n) is 14.3. The van der Waals surface area contributed by atoms with E-state index < -0.39 is 8.80 Å². The Labute approximate surface area is 136 Å². The maximum atomic E-state index is 6.14. The van der Waals surface area contributed by atoms with Crippen LogP contribution in [0, 0.1) is 0 Å². The van der Waals surface area contributed by atoms with E-state index in [4.69, 9.17) is 13.3 Å². The van der Waals surface area contributed by atoms with Crippen molar-refractivity contribution in [2.75, 3.05) is 19.8 Å². The highest BCUT2D eigenvalue weighted by Gasteiger charge is 2.43. The summed E-state index contributed by atoms with van der Waals surface area (Å²) in [5.41, 5.74) is 1.24. The van der Waals surface area contributed by atoms with Crippen LogP contribution >= 0.6 is 0 Å². The molecule has 0 heterocycles. The summed E-state index contributed by atoms with van der Waals surface area (Å²) in [6, 6.07) is 8.40. The molecule has 4 heteroatoms. The Morgan fingerprint density at radius 3 is 1.68 bits per heavy atom. The van der Waals surface area contributed by atoms with E-state index in [-0.39, 0.29) is 0 Å². The largest absolute Gasteiger partial charge is 0.537 e. The number of allylic oxidation sites excluding steroid dienone is 1. The molecule has 0 atom stereocenters. The van der Waals surface area contributed by atoms with Gasteiger partial charge in [0.25, 0.3) is 0 Å². The van der Waals surface area contributed by atoms with E-state index in [1.165, 1.54) is 5.56 Å². The molecule has 0 bridgehead atoms. The van der Waals surface area contributed by atoms with Crippen molar-refractivity contribution >= 4 is 14.0 Å². The molecule has 0 aliphatic heterocycles. The minimum absolute atomic E-state index is 0.661. The Morgan fingerprint density at radius 1 is 0.864 bits per heavy atom. The molecule has 1 rings (SSSR count). The third kappa shape index (κ3) is 5.69. The van der Waals surface area contributed by atoms with Crippen molar-refractivity contribution in [3.8, 4) is 0 Å². The quantitative estimate of drug-likeness (QED) is 0.432. The molecule has 0 aliphatic rings. The molecule has 0 fully saturated rings.